The molecule has 0 aliphatic rings. The largest absolute Gasteiger partial charge is 0.493 e. The molecular formula is C23H15NO5. The lowest BCUT2D eigenvalue weighted by Gasteiger charge is -2.02. The van der Waals surface area contributed by atoms with Gasteiger partial charge in [0, 0.05) is 22.4 Å². The molecule has 0 N–H and O–H groups in total. The van der Waals surface area contributed by atoms with Gasteiger partial charge in [0.15, 0.2) is 16.9 Å². The number of esters is 1. The maximum Gasteiger partial charge on any atom is 0.379 e. The van der Waals surface area contributed by atoms with Gasteiger partial charge in [-0.15, -0.1) is 0 Å². The van der Waals surface area contributed by atoms with Crippen LogP contribution in [0.15, 0.2) is 81.7 Å². The fraction of sp³-hybridized carbons (Fsp3) is 0.0435. The Morgan fingerprint density at radius 3 is 2.66 bits per heavy atom. The van der Waals surface area contributed by atoms with E-state index in [-0.39, 0.29) is 5.76 Å². The van der Waals surface area contributed by atoms with Crippen LogP contribution in [0.25, 0.3) is 33.2 Å². The molecular weight excluding hydrogens is 370 g/mol. The molecule has 6 heteroatoms. The minimum absolute atomic E-state index is 0.0899. The first-order valence-electron chi connectivity index (χ1n) is 8.96. The number of carbonyl (C=O) groups excluding carboxylic acids is 1. The summed E-state index contributed by atoms with van der Waals surface area (Å²) in [6, 6.07) is 21.9. The molecule has 0 unspecified atom stereocenters. The highest BCUT2D eigenvalue weighted by molar-refractivity contribution is 5.96. The minimum Gasteiger partial charge on any atom is -0.493 e. The van der Waals surface area contributed by atoms with Gasteiger partial charge in [-0.25, -0.2) is 4.79 Å². The van der Waals surface area contributed by atoms with E-state index in [0.29, 0.717) is 22.7 Å². The summed E-state index contributed by atoms with van der Waals surface area (Å²) in [5, 5.41) is 5.74. The van der Waals surface area contributed by atoms with Gasteiger partial charge >= 0.3 is 5.97 Å². The number of benzene rings is 3. The average molecular weight is 385 g/mol. The summed E-state index contributed by atoms with van der Waals surface area (Å²) in [7, 11) is 1.55. The van der Waals surface area contributed by atoms with Gasteiger partial charge < -0.3 is 18.4 Å². The molecule has 0 saturated heterocycles. The number of carbonyl (C=O) groups is 1. The Bertz CT molecular complexity index is 1330. The van der Waals surface area contributed by atoms with Crippen molar-refractivity contribution in [2.75, 3.05) is 7.11 Å². The van der Waals surface area contributed by atoms with Crippen LogP contribution in [0.4, 0.5) is 0 Å². The van der Waals surface area contributed by atoms with Crippen molar-refractivity contribution in [1.29, 1.82) is 0 Å². The van der Waals surface area contributed by atoms with Crippen LogP contribution in [0.1, 0.15) is 10.6 Å². The maximum absolute atomic E-state index is 12.5. The summed E-state index contributed by atoms with van der Waals surface area (Å²) in [5.41, 5.74) is 2.72. The Morgan fingerprint density at radius 2 is 1.83 bits per heavy atom. The van der Waals surface area contributed by atoms with Crippen molar-refractivity contribution in [2.24, 2.45) is 0 Å². The molecule has 29 heavy (non-hydrogen) atoms. The first-order chi connectivity index (χ1) is 14.2. The van der Waals surface area contributed by atoms with Crippen LogP contribution in [0, 0.1) is 0 Å². The summed E-state index contributed by atoms with van der Waals surface area (Å²) >= 11 is 0. The second-order valence-electron chi connectivity index (χ2n) is 6.43. The smallest absolute Gasteiger partial charge is 0.379 e. The predicted molar refractivity (Wildman–Crippen MR) is 107 cm³/mol. The summed E-state index contributed by atoms with van der Waals surface area (Å²) in [4.78, 5) is 12.5. The third-order valence-electron chi connectivity index (χ3n) is 4.63. The second-order valence-corrected chi connectivity index (χ2v) is 6.43. The highest BCUT2D eigenvalue weighted by Gasteiger charge is 2.18. The van der Waals surface area contributed by atoms with Gasteiger partial charge in [0.1, 0.15) is 11.4 Å². The summed E-state index contributed by atoms with van der Waals surface area (Å²) in [6.07, 6.45) is 0. The van der Waals surface area contributed by atoms with Crippen molar-refractivity contribution >= 4 is 27.9 Å². The number of nitrogens with zero attached hydrogens (tertiary/aromatic N) is 1. The van der Waals surface area contributed by atoms with Gasteiger partial charge in [-0.05, 0) is 24.3 Å². The van der Waals surface area contributed by atoms with E-state index in [9.17, 15) is 4.79 Å². The molecule has 0 saturated carbocycles. The predicted octanol–water partition coefficient (Wildman–Crippen LogP) is 5.47. The third kappa shape index (κ3) is 3.00. The number of fused-ring (bicyclic) bond motifs is 2. The fourth-order valence-electron chi connectivity index (χ4n) is 3.24. The van der Waals surface area contributed by atoms with Crippen molar-refractivity contribution in [3.63, 3.8) is 0 Å². The van der Waals surface area contributed by atoms with Gasteiger partial charge in [0.25, 0.3) is 0 Å². The lowest BCUT2D eigenvalue weighted by Crippen LogP contribution is -2.06. The van der Waals surface area contributed by atoms with E-state index in [1.165, 1.54) is 0 Å². The SMILES string of the molecule is COc1cccc2cc(C(=O)Oc3ccc4c(-c5ccccc5)noc4c3)oc12. The van der Waals surface area contributed by atoms with Gasteiger partial charge in [-0.3, -0.25) is 0 Å². The Morgan fingerprint density at radius 1 is 0.966 bits per heavy atom. The third-order valence-corrected chi connectivity index (χ3v) is 4.63. The quantitative estimate of drug-likeness (QED) is 0.302. The molecule has 0 spiro atoms. The molecule has 142 valence electrons. The average Bonchev–Trinajstić information content (AvgIpc) is 3.38. The number of methoxy groups -OCH3 is 1. The van der Waals surface area contributed by atoms with E-state index >= 15 is 0 Å². The van der Waals surface area contributed by atoms with Crippen molar-refractivity contribution in [1.82, 2.24) is 5.16 Å². The number of hydrogen-bond acceptors (Lipinski definition) is 6. The molecule has 5 aromatic rings. The first-order valence-corrected chi connectivity index (χ1v) is 8.96. The van der Waals surface area contributed by atoms with Gasteiger partial charge in [0.05, 0.1) is 7.11 Å². The van der Waals surface area contributed by atoms with Crippen LogP contribution < -0.4 is 9.47 Å². The molecule has 0 radical (unpaired) electrons. The number of ether oxygens (including phenoxy) is 2. The molecule has 3 aromatic carbocycles. The van der Waals surface area contributed by atoms with Gasteiger partial charge in [-0.2, -0.15) is 0 Å². The van der Waals surface area contributed by atoms with Gasteiger partial charge in [-0.1, -0.05) is 47.6 Å². The minimum atomic E-state index is -0.606. The molecule has 2 aromatic heterocycles. The zero-order valence-corrected chi connectivity index (χ0v) is 15.4. The standard InChI is InChI=1S/C23H15NO5/c1-26-18-9-5-8-15-12-20(28-22(15)18)23(25)27-16-10-11-17-19(13-16)29-24-21(17)14-6-3-2-4-7-14/h2-13H,1H3. The first kappa shape index (κ1) is 17.1. The van der Waals surface area contributed by atoms with E-state index in [4.69, 9.17) is 18.4 Å². The Kier molecular flexibility index (Phi) is 4.02. The molecule has 0 amide bonds. The lowest BCUT2D eigenvalue weighted by molar-refractivity contribution is 0.0704. The molecule has 6 nitrogen and oxygen atoms in total. The number of furan rings is 1. The Balaban J connectivity index is 1.44. The maximum atomic E-state index is 12.5. The van der Waals surface area contributed by atoms with Crippen molar-refractivity contribution in [2.45, 2.75) is 0 Å². The van der Waals surface area contributed by atoms with Crippen LogP contribution in [-0.4, -0.2) is 18.2 Å². The molecule has 0 aliphatic heterocycles. The number of para-hydroxylation sites is 1. The molecule has 0 bridgehead atoms. The number of rotatable bonds is 4. The van der Waals surface area contributed by atoms with Crippen LogP contribution in [-0.2, 0) is 0 Å². The number of hydrogen-bond donors (Lipinski definition) is 0. The molecule has 0 atom stereocenters. The van der Waals surface area contributed by atoms with E-state index in [0.717, 1.165) is 22.0 Å². The lowest BCUT2D eigenvalue weighted by atomic mass is 10.1. The number of aromatic nitrogens is 1. The van der Waals surface area contributed by atoms with Crippen molar-refractivity contribution in [3.8, 4) is 22.8 Å². The second kappa shape index (κ2) is 6.83. The van der Waals surface area contributed by atoms with Crippen LogP contribution in [0.5, 0.6) is 11.5 Å². The topological polar surface area (TPSA) is 74.7 Å². The van der Waals surface area contributed by atoms with E-state index < -0.39 is 5.97 Å². The monoisotopic (exact) mass is 385 g/mol. The fourth-order valence-corrected chi connectivity index (χ4v) is 3.24. The van der Waals surface area contributed by atoms with Crippen LogP contribution in [0.2, 0.25) is 0 Å². The van der Waals surface area contributed by atoms with E-state index in [1.807, 2.05) is 48.5 Å². The zero-order chi connectivity index (χ0) is 19.8. The van der Waals surface area contributed by atoms with E-state index in [1.54, 1.807) is 31.4 Å². The normalized spacial score (nSPS) is 11.1. The zero-order valence-electron chi connectivity index (χ0n) is 15.4. The van der Waals surface area contributed by atoms with Crippen LogP contribution in [0.3, 0.4) is 0 Å². The Labute approximate surface area is 165 Å². The highest BCUT2D eigenvalue weighted by Crippen LogP contribution is 2.32. The molecule has 2 heterocycles. The summed E-state index contributed by atoms with van der Waals surface area (Å²) < 4.78 is 21.8. The molecule has 5 rings (SSSR count). The molecule has 0 aliphatic carbocycles. The van der Waals surface area contributed by atoms with Gasteiger partial charge in [0.2, 0.25) is 5.76 Å². The summed E-state index contributed by atoms with van der Waals surface area (Å²) in [5.74, 6) is 0.376. The van der Waals surface area contributed by atoms with Crippen molar-refractivity contribution in [3.05, 3.63) is 78.6 Å². The van der Waals surface area contributed by atoms with E-state index in [2.05, 4.69) is 5.16 Å². The van der Waals surface area contributed by atoms with Crippen molar-refractivity contribution < 1.29 is 23.2 Å². The molecule has 0 fully saturated rings. The summed E-state index contributed by atoms with van der Waals surface area (Å²) in [6.45, 7) is 0. The highest BCUT2D eigenvalue weighted by atomic mass is 16.5. The van der Waals surface area contributed by atoms with Crippen LogP contribution >= 0.6 is 0 Å². The Hall–Kier alpha value is -4.06.